The van der Waals surface area contributed by atoms with E-state index in [0.29, 0.717) is 25.9 Å². The fraction of sp³-hybridized carbons (Fsp3) is 0.545. The normalized spacial score (nSPS) is 18.6. The van der Waals surface area contributed by atoms with Crippen molar-refractivity contribution in [3.63, 3.8) is 0 Å². The molecule has 1 saturated heterocycles. The van der Waals surface area contributed by atoms with E-state index in [1.807, 2.05) is 0 Å². The first kappa shape index (κ1) is 14.5. The van der Waals surface area contributed by atoms with Gasteiger partial charge < -0.3 is 10.5 Å². The summed E-state index contributed by atoms with van der Waals surface area (Å²) < 4.78 is 31.4. The van der Waals surface area contributed by atoms with Gasteiger partial charge in [0.15, 0.2) is 0 Å². The van der Waals surface area contributed by atoms with E-state index in [4.69, 9.17) is 22.1 Å². The lowest BCUT2D eigenvalue weighted by Gasteiger charge is -2.30. The number of hydrogen-bond acceptors (Lipinski definition) is 5. The van der Waals surface area contributed by atoms with Crippen LogP contribution in [0.15, 0.2) is 17.2 Å². The van der Waals surface area contributed by atoms with Crippen molar-refractivity contribution in [2.45, 2.75) is 23.8 Å². The minimum absolute atomic E-state index is 0.0718. The van der Waals surface area contributed by atoms with Gasteiger partial charge in [-0.1, -0.05) is 11.6 Å². The summed E-state index contributed by atoms with van der Waals surface area (Å²) in [6, 6.07) is 1.33. The molecule has 0 atom stereocenters. The van der Waals surface area contributed by atoms with Crippen molar-refractivity contribution >= 4 is 27.4 Å². The summed E-state index contributed by atoms with van der Waals surface area (Å²) in [6.07, 6.45) is 2.73. The maximum absolute atomic E-state index is 12.4. The van der Waals surface area contributed by atoms with Crippen LogP contribution in [-0.2, 0) is 14.8 Å². The number of piperidine rings is 1. The predicted molar refractivity (Wildman–Crippen MR) is 72.4 cm³/mol. The van der Waals surface area contributed by atoms with E-state index >= 15 is 0 Å². The van der Waals surface area contributed by atoms with E-state index < -0.39 is 10.0 Å². The van der Waals surface area contributed by atoms with Gasteiger partial charge in [-0.3, -0.25) is 0 Å². The second-order valence-corrected chi connectivity index (χ2v) is 6.72. The van der Waals surface area contributed by atoms with Gasteiger partial charge >= 0.3 is 0 Å². The average molecular weight is 306 g/mol. The lowest BCUT2D eigenvalue weighted by Crippen LogP contribution is -2.40. The molecule has 0 radical (unpaired) electrons. The summed E-state index contributed by atoms with van der Waals surface area (Å²) in [5, 5.41) is 0.146. The highest BCUT2D eigenvalue weighted by molar-refractivity contribution is 7.89. The van der Waals surface area contributed by atoms with Crippen molar-refractivity contribution in [1.29, 1.82) is 0 Å². The topological polar surface area (TPSA) is 85.5 Å². The zero-order valence-electron chi connectivity index (χ0n) is 10.5. The fourth-order valence-corrected chi connectivity index (χ4v) is 3.70. The number of nitrogens with two attached hydrogens (primary N) is 1. The third kappa shape index (κ3) is 3.00. The zero-order valence-corrected chi connectivity index (χ0v) is 12.1. The number of anilines is 1. The summed E-state index contributed by atoms with van der Waals surface area (Å²) in [7, 11) is -1.92. The van der Waals surface area contributed by atoms with Gasteiger partial charge in [-0.2, -0.15) is 4.31 Å². The largest absolute Gasteiger partial charge is 0.382 e. The summed E-state index contributed by atoms with van der Waals surface area (Å²) in [5.74, 6) is 0.124. The molecular formula is C11H16ClN3O3S. The van der Waals surface area contributed by atoms with Crippen LogP contribution in [0.3, 0.4) is 0 Å². The highest BCUT2D eigenvalue weighted by Gasteiger charge is 2.29. The molecule has 0 bridgehead atoms. The Balaban J connectivity index is 2.21. The van der Waals surface area contributed by atoms with Crippen LogP contribution in [0, 0.1) is 0 Å². The molecular weight excluding hydrogens is 290 g/mol. The molecule has 1 aliphatic rings. The standard InChI is InChI=1S/C11H16ClN3O3S/c1-18-8-2-4-15(5-3-8)19(16,17)9-6-10(12)11(13)14-7-9/h6-8H,2-5H2,1H3,(H2,13,14). The Bertz CT molecular complexity index is 556. The minimum atomic E-state index is -3.56. The van der Waals surface area contributed by atoms with Gasteiger partial charge in [-0.25, -0.2) is 13.4 Å². The van der Waals surface area contributed by atoms with E-state index in [1.54, 1.807) is 7.11 Å². The number of nitrogens with zero attached hydrogens (tertiary/aromatic N) is 2. The molecule has 0 saturated carbocycles. The highest BCUT2D eigenvalue weighted by Crippen LogP contribution is 2.25. The number of aromatic nitrogens is 1. The number of rotatable bonds is 3. The summed E-state index contributed by atoms with van der Waals surface area (Å²) in [5.41, 5.74) is 5.48. The molecule has 0 unspecified atom stereocenters. The Morgan fingerprint density at radius 2 is 2.11 bits per heavy atom. The number of hydrogen-bond donors (Lipinski definition) is 1. The molecule has 1 fully saturated rings. The number of halogens is 1. The molecule has 6 nitrogen and oxygen atoms in total. The molecule has 2 heterocycles. The van der Waals surface area contributed by atoms with E-state index in [0.717, 1.165) is 0 Å². The molecule has 2 N–H and O–H groups in total. The third-order valence-electron chi connectivity index (χ3n) is 3.22. The van der Waals surface area contributed by atoms with Crippen LogP contribution in [0.2, 0.25) is 5.02 Å². The van der Waals surface area contributed by atoms with Gasteiger partial charge in [0.25, 0.3) is 0 Å². The first-order valence-corrected chi connectivity index (χ1v) is 7.71. The van der Waals surface area contributed by atoms with Crippen molar-refractivity contribution in [3.8, 4) is 0 Å². The molecule has 19 heavy (non-hydrogen) atoms. The number of sulfonamides is 1. The first-order chi connectivity index (χ1) is 8.95. The molecule has 2 rings (SSSR count). The van der Waals surface area contributed by atoms with Crippen LogP contribution < -0.4 is 5.73 Å². The molecule has 106 valence electrons. The van der Waals surface area contributed by atoms with E-state index in [2.05, 4.69) is 4.98 Å². The van der Waals surface area contributed by atoms with Crippen molar-refractivity contribution in [2.24, 2.45) is 0 Å². The van der Waals surface area contributed by atoms with E-state index in [1.165, 1.54) is 16.6 Å². The smallest absolute Gasteiger partial charge is 0.244 e. The van der Waals surface area contributed by atoms with Crippen molar-refractivity contribution < 1.29 is 13.2 Å². The lowest BCUT2D eigenvalue weighted by atomic mass is 10.1. The van der Waals surface area contributed by atoms with Gasteiger partial charge in [0.2, 0.25) is 10.0 Å². The fourth-order valence-electron chi connectivity index (χ4n) is 2.03. The molecule has 1 aliphatic heterocycles. The molecule has 0 aromatic carbocycles. The Morgan fingerprint density at radius 3 is 2.63 bits per heavy atom. The first-order valence-electron chi connectivity index (χ1n) is 5.89. The van der Waals surface area contributed by atoms with Gasteiger partial charge in [-0.15, -0.1) is 0 Å². The maximum atomic E-state index is 12.4. The predicted octanol–water partition coefficient (Wildman–Crippen LogP) is 1.12. The Morgan fingerprint density at radius 1 is 1.47 bits per heavy atom. The SMILES string of the molecule is COC1CCN(S(=O)(=O)c2cnc(N)c(Cl)c2)CC1. The molecule has 8 heteroatoms. The zero-order chi connectivity index (χ0) is 14.0. The van der Waals surface area contributed by atoms with E-state index in [9.17, 15) is 8.42 Å². The Hall–Kier alpha value is -0.890. The maximum Gasteiger partial charge on any atom is 0.244 e. The Labute approximate surface area is 117 Å². The number of nitrogen functional groups attached to an aromatic ring is 1. The summed E-state index contributed by atoms with van der Waals surface area (Å²) in [4.78, 5) is 3.86. The number of methoxy groups -OCH3 is 1. The minimum Gasteiger partial charge on any atom is -0.382 e. The van der Waals surface area contributed by atoms with Crippen molar-refractivity contribution in [1.82, 2.24) is 9.29 Å². The highest BCUT2D eigenvalue weighted by atomic mass is 35.5. The van der Waals surface area contributed by atoms with Crippen LogP contribution in [-0.4, -0.2) is 44.0 Å². The van der Waals surface area contributed by atoms with Gasteiger partial charge in [0.1, 0.15) is 10.7 Å². The van der Waals surface area contributed by atoms with Crippen molar-refractivity contribution in [2.75, 3.05) is 25.9 Å². The van der Waals surface area contributed by atoms with Crippen LogP contribution in [0.1, 0.15) is 12.8 Å². The quantitative estimate of drug-likeness (QED) is 0.904. The second kappa shape index (κ2) is 5.62. The van der Waals surface area contributed by atoms with Gasteiger partial charge in [0, 0.05) is 26.4 Å². The summed E-state index contributed by atoms with van der Waals surface area (Å²) in [6.45, 7) is 0.867. The third-order valence-corrected chi connectivity index (χ3v) is 5.38. The van der Waals surface area contributed by atoms with E-state index in [-0.39, 0.29) is 21.8 Å². The summed E-state index contributed by atoms with van der Waals surface area (Å²) >= 11 is 5.81. The molecule has 1 aromatic heterocycles. The molecule has 0 aliphatic carbocycles. The van der Waals surface area contributed by atoms with Crippen LogP contribution in [0.25, 0.3) is 0 Å². The number of pyridine rings is 1. The lowest BCUT2D eigenvalue weighted by molar-refractivity contribution is 0.0604. The monoisotopic (exact) mass is 305 g/mol. The molecule has 0 spiro atoms. The Kier molecular flexibility index (Phi) is 4.29. The van der Waals surface area contributed by atoms with Crippen LogP contribution in [0.4, 0.5) is 5.82 Å². The number of ether oxygens (including phenoxy) is 1. The molecule has 0 amide bonds. The van der Waals surface area contributed by atoms with Crippen molar-refractivity contribution in [3.05, 3.63) is 17.3 Å². The van der Waals surface area contributed by atoms with Gasteiger partial charge in [0.05, 0.1) is 11.1 Å². The average Bonchev–Trinajstić information content (AvgIpc) is 2.41. The van der Waals surface area contributed by atoms with Gasteiger partial charge in [-0.05, 0) is 18.9 Å². The second-order valence-electron chi connectivity index (χ2n) is 4.38. The van der Waals surface area contributed by atoms with Crippen LogP contribution in [0.5, 0.6) is 0 Å². The molecule has 1 aromatic rings. The van der Waals surface area contributed by atoms with Crippen LogP contribution >= 0.6 is 11.6 Å².